The molecule has 4 heteroatoms. The van der Waals surface area contributed by atoms with Crippen LogP contribution in [0, 0.1) is 0 Å². The summed E-state index contributed by atoms with van der Waals surface area (Å²) in [6, 6.07) is 27.7. The molecule has 0 aliphatic carbocycles. The van der Waals surface area contributed by atoms with Crippen molar-refractivity contribution in [3.8, 4) is 16.9 Å². The first-order chi connectivity index (χ1) is 14.1. The molecule has 0 aromatic heterocycles. The predicted molar refractivity (Wildman–Crippen MR) is 119 cm³/mol. The van der Waals surface area contributed by atoms with Crippen molar-refractivity contribution in [2.45, 2.75) is 20.0 Å². The quantitative estimate of drug-likeness (QED) is 0.442. The molecule has 0 aliphatic rings. The maximum absolute atomic E-state index is 12.2. The standard InChI is InChI=1S/C25H24N2O2/c1-19(13-14-21-9-5-3-6-10-21)26-27-25(28)20(2)29-24-17-15-23(16-18-24)22-11-7-4-8-12-22/h3-18,20H,1-2H3,(H,27,28)/b14-13+,26-19+. The van der Waals surface area contributed by atoms with Crippen LogP contribution in [0.5, 0.6) is 5.75 Å². The molecule has 0 bridgehead atoms. The van der Waals surface area contributed by atoms with E-state index in [1.807, 2.05) is 91.9 Å². The minimum Gasteiger partial charge on any atom is -0.481 e. The van der Waals surface area contributed by atoms with E-state index >= 15 is 0 Å². The maximum atomic E-state index is 12.2. The number of amides is 1. The van der Waals surface area contributed by atoms with E-state index in [1.54, 1.807) is 6.92 Å². The molecule has 1 unspecified atom stereocenters. The van der Waals surface area contributed by atoms with Gasteiger partial charge in [0, 0.05) is 0 Å². The third-order valence-corrected chi connectivity index (χ3v) is 4.30. The summed E-state index contributed by atoms with van der Waals surface area (Å²) in [4.78, 5) is 12.2. The van der Waals surface area contributed by atoms with Gasteiger partial charge < -0.3 is 4.74 Å². The highest BCUT2D eigenvalue weighted by Gasteiger charge is 2.14. The fourth-order valence-corrected chi connectivity index (χ4v) is 2.67. The number of rotatable bonds is 7. The zero-order valence-electron chi connectivity index (χ0n) is 16.6. The summed E-state index contributed by atoms with van der Waals surface area (Å²) in [6.45, 7) is 3.53. The number of nitrogens with one attached hydrogen (secondary N) is 1. The molecule has 4 nitrogen and oxygen atoms in total. The fourth-order valence-electron chi connectivity index (χ4n) is 2.67. The number of ether oxygens (including phenoxy) is 1. The molecule has 0 fully saturated rings. The fraction of sp³-hybridized carbons (Fsp3) is 0.120. The van der Waals surface area contributed by atoms with Gasteiger partial charge in [-0.05, 0) is 48.7 Å². The highest BCUT2D eigenvalue weighted by atomic mass is 16.5. The van der Waals surface area contributed by atoms with Gasteiger partial charge >= 0.3 is 0 Å². The van der Waals surface area contributed by atoms with Crippen molar-refractivity contribution in [2.24, 2.45) is 5.10 Å². The Morgan fingerprint density at radius 1 is 0.897 bits per heavy atom. The highest BCUT2D eigenvalue weighted by Crippen LogP contribution is 2.22. The number of hydrogen-bond acceptors (Lipinski definition) is 3. The second-order valence-corrected chi connectivity index (χ2v) is 6.62. The molecule has 0 saturated carbocycles. The lowest BCUT2D eigenvalue weighted by atomic mass is 10.1. The monoisotopic (exact) mass is 384 g/mol. The molecule has 0 saturated heterocycles. The number of nitrogens with zero attached hydrogens (tertiary/aromatic N) is 1. The molecule has 1 atom stereocenters. The van der Waals surface area contributed by atoms with E-state index in [9.17, 15) is 4.79 Å². The van der Waals surface area contributed by atoms with Crippen LogP contribution in [0.3, 0.4) is 0 Å². The molecular weight excluding hydrogens is 360 g/mol. The van der Waals surface area contributed by atoms with Crippen molar-refractivity contribution in [1.82, 2.24) is 5.43 Å². The summed E-state index contributed by atoms with van der Waals surface area (Å²) in [5.41, 5.74) is 6.55. The van der Waals surface area contributed by atoms with E-state index in [0.717, 1.165) is 16.7 Å². The summed E-state index contributed by atoms with van der Waals surface area (Å²) in [5, 5.41) is 4.11. The summed E-state index contributed by atoms with van der Waals surface area (Å²) < 4.78 is 5.73. The number of benzene rings is 3. The Hall–Kier alpha value is -3.66. The second kappa shape index (κ2) is 10.0. The van der Waals surface area contributed by atoms with Gasteiger partial charge in [-0.25, -0.2) is 5.43 Å². The van der Waals surface area contributed by atoms with E-state index in [-0.39, 0.29) is 5.91 Å². The summed E-state index contributed by atoms with van der Waals surface area (Å²) in [7, 11) is 0. The lowest BCUT2D eigenvalue weighted by Crippen LogP contribution is -2.33. The van der Waals surface area contributed by atoms with Crippen molar-refractivity contribution >= 4 is 17.7 Å². The Kier molecular flexibility index (Phi) is 6.95. The first-order valence-corrected chi connectivity index (χ1v) is 9.51. The molecule has 146 valence electrons. The average Bonchev–Trinajstić information content (AvgIpc) is 2.77. The number of hydrazone groups is 1. The molecule has 3 rings (SSSR count). The molecule has 0 spiro atoms. The maximum Gasteiger partial charge on any atom is 0.280 e. The van der Waals surface area contributed by atoms with Crippen LogP contribution in [0.2, 0.25) is 0 Å². The minimum atomic E-state index is -0.660. The first-order valence-electron chi connectivity index (χ1n) is 9.51. The van der Waals surface area contributed by atoms with Gasteiger partial charge in [-0.2, -0.15) is 5.10 Å². The van der Waals surface area contributed by atoms with Gasteiger partial charge in [-0.15, -0.1) is 0 Å². The number of hydrogen-bond donors (Lipinski definition) is 1. The van der Waals surface area contributed by atoms with Gasteiger partial charge in [0.25, 0.3) is 5.91 Å². The van der Waals surface area contributed by atoms with E-state index in [2.05, 4.69) is 22.7 Å². The third kappa shape index (κ3) is 6.18. The van der Waals surface area contributed by atoms with Crippen LogP contribution in [0.25, 0.3) is 17.2 Å². The van der Waals surface area contributed by atoms with Crippen LogP contribution in [0.15, 0.2) is 96.1 Å². The van der Waals surface area contributed by atoms with Crippen LogP contribution in [-0.4, -0.2) is 17.7 Å². The largest absolute Gasteiger partial charge is 0.481 e. The van der Waals surface area contributed by atoms with Crippen LogP contribution in [-0.2, 0) is 4.79 Å². The molecule has 1 N–H and O–H groups in total. The molecule has 29 heavy (non-hydrogen) atoms. The first kappa shape index (κ1) is 20.1. The van der Waals surface area contributed by atoms with Crippen LogP contribution in [0.4, 0.5) is 0 Å². The minimum absolute atomic E-state index is 0.301. The Morgan fingerprint density at radius 3 is 2.14 bits per heavy atom. The lowest BCUT2D eigenvalue weighted by molar-refractivity contribution is -0.127. The normalized spacial score (nSPS) is 12.6. The van der Waals surface area contributed by atoms with Gasteiger partial charge in [0.15, 0.2) is 6.10 Å². The highest BCUT2D eigenvalue weighted by molar-refractivity contribution is 5.97. The number of allylic oxidation sites excluding steroid dienone is 1. The summed E-state index contributed by atoms with van der Waals surface area (Å²) in [5.74, 6) is 0.335. The number of carbonyl (C=O) groups is 1. The smallest absolute Gasteiger partial charge is 0.280 e. The Balaban J connectivity index is 1.53. The predicted octanol–water partition coefficient (Wildman–Crippen LogP) is 5.33. The average molecular weight is 384 g/mol. The zero-order chi connectivity index (χ0) is 20.5. The molecule has 0 radical (unpaired) electrons. The molecule has 0 heterocycles. The summed E-state index contributed by atoms with van der Waals surface area (Å²) in [6.07, 6.45) is 3.13. The Labute approximate surface area is 171 Å². The summed E-state index contributed by atoms with van der Waals surface area (Å²) >= 11 is 0. The van der Waals surface area contributed by atoms with E-state index in [4.69, 9.17) is 4.74 Å². The van der Waals surface area contributed by atoms with Crippen molar-refractivity contribution in [3.05, 3.63) is 96.6 Å². The van der Waals surface area contributed by atoms with Crippen LogP contribution < -0.4 is 10.2 Å². The van der Waals surface area contributed by atoms with Gasteiger partial charge in [-0.1, -0.05) is 78.9 Å². The topological polar surface area (TPSA) is 50.7 Å². The molecular formula is C25H24N2O2. The van der Waals surface area contributed by atoms with Crippen LogP contribution >= 0.6 is 0 Å². The third-order valence-electron chi connectivity index (χ3n) is 4.30. The van der Waals surface area contributed by atoms with E-state index < -0.39 is 6.10 Å². The van der Waals surface area contributed by atoms with E-state index in [0.29, 0.717) is 11.5 Å². The van der Waals surface area contributed by atoms with Gasteiger partial charge in [0.1, 0.15) is 5.75 Å². The van der Waals surface area contributed by atoms with E-state index in [1.165, 1.54) is 0 Å². The van der Waals surface area contributed by atoms with Gasteiger partial charge in [0.2, 0.25) is 0 Å². The lowest BCUT2D eigenvalue weighted by Gasteiger charge is -2.13. The molecule has 3 aromatic rings. The second-order valence-electron chi connectivity index (χ2n) is 6.62. The number of carbonyl (C=O) groups excluding carboxylic acids is 1. The molecule has 1 amide bonds. The van der Waals surface area contributed by atoms with Gasteiger partial charge in [0.05, 0.1) is 5.71 Å². The van der Waals surface area contributed by atoms with Crippen molar-refractivity contribution in [3.63, 3.8) is 0 Å². The van der Waals surface area contributed by atoms with Crippen molar-refractivity contribution in [1.29, 1.82) is 0 Å². The van der Waals surface area contributed by atoms with Crippen molar-refractivity contribution < 1.29 is 9.53 Å². The molecule has 3 aromatic carbocycles. The van der Waals surface area contributed by atoms with Crippen molar-refractivity contribution in [2.75, 3.05) is 0 Å². The Morgan fingerprint density at radius 2 is 1.48 bits per heavy atom. The van der Waals surface area contributed by atoms with Crippen LogP contribution in [0.1, 0.15) is 19.4 Å². The van der Waals surface area contributed by atoms with Gasteiger partial charge in [-0.3, -0.25) is 4.79 Å². The molecule has 0 aliphatic heterocycles. The SMILES string of the molecule is CC(/C=C/c1ccccc1)=N\NC(=O)C(C)Oc1ccc(-c2ccccc2)cc1. The Bertz CT molecular complexity index is 978. The zero-order valence-corrected chi connectivity index (χ0v) is 16.6.